The number of carboxylic acids is 1. The fourth-order valence-electron chi connectivity index (χ4n) is 2.80. The minimum Gasteiger partial charge on any atom is -0.481 e. The van der Waals surface area contributed by atoms with Gasteiger partial charge in [-0.3, -0.25) is 4.79 Å². The Morgan fingerprint density at radius 2 is 1.87 bits per heavy atom. The summed E-state index contributed by atoms with van der Waals surface area (Å²) in [5.41, 5.74) is 0. The van der Waals surface area contributed by atoms with Crippen molar-refractivity contribution in [2.45, 2.75) is 32.1 Å². The highest BCUT2D eigenvalue weighted by atomic mass is 16.4. The van der Waals surface area contributed by atoms with Gasteiger partial charge in [-0.05, 0) is 31.1 Å². The lowest BCUT2D eigenvalue weighted by atomic mass is 9.75. The van der Waals surface area contributed by atoms with E-state index in [0.29, 0.717) is 11.8 Å². The van der Waals surface area contributed by atoms with Crippen molar-refractivity contribution in [3.8, 4) is 0 Å². The lowest BCUT2D eigenvalue weighted by molar-refractivity contribution is -0.145. The van der Waals surface area contributed by atoms with Crippen molar-refractivity contribution in [3.05, 3.63) is 24.3 Å². The Labute approximate surface area is 90.7 Å². The molecule has 15 heavy (non-hydrogen) atoms. The van der Waals surface area contributed by atoms with Crippen LogP contribution in [0.2, 0.25) is 0 Å². The molecule has 0 amide bonds. The summed E-state index contributed by atoms with van der Waals surface area (Å²) < 4.78 is 0. The Balaban J connectivity index is 1.95. The van der Waals surface area contributed by atoms with E-state index in [2.05, 4.69) is 24.3 Å². The smallest absolute Gasteiger partial charge is 0.306 e. The van der Waals surface area contributed by atoms with Crippen LogP contribution in [0.25, 0.3) is 0 Å². The summed E-state index contributed by atoms with van der Waals surface area (Å²) in [5, 5.41) is 9.15. The van der Waals surface area contributed by atoms with E-state index in [4.69, 9.17) is 5.11 Å². The Morgan fingerprint density at radius 1 is 1.20 bits per heavy atom. The van der Waals surface area contributed by atoms with Gasteiger partial charge in [-0.25, -0.2) is 0 Å². The highest BCUT2D eigenvalue weighted by Gasteiger charge is 2.31. The molecule has 0 radical (unpaired) electrons. The first kappa shape index (κ1) is 10.5. The molecule has 0 spiro atoms. The van der Waals surface area contributed by atoms with E-state index in [-0.39, 0.29) is 5.92 Å². The minimum atomic E-state index is -0.592. The zero-order valence-corrected chi connectivity index (χ0v) is 8.93. The van der Waals surface area contributed by atoms with E-state index in [0.717, 1.165) is 25.7 Å². The lowest BCUT2D eigenvalue weighted by Gasteiger charge is -2.29. The molecule has 0 saturated heterocycles. The number of allylic oxidation sites excluding steroid dienone is 4. The zero-order valence-electron chi connectivity index (χ0n) is 8.93. The van der Waals surface area contributed by atoms with Crippen molar-refractivity contribution in [3.63, 3.8) is 0 Å². The number of aliphatic carboxylic acids is 1. The van der Waals surface area contributed by atoms with E-state index in [1.54, 1.807) is 0 Å². The Morgan fingerprint density at radius 3 is 2.53 bits per heavy atom. The number of hydrogen-bond acceptors (Lipinski definition) is 1. The predicted octanol–water partition coefficient (Wildman–Crippen LogP) is 3.01. The zero-order chi connectivity index (χ0) is 10.7. The van der Waals surface area contributed by atoms with Gasteiger partial charge in [0.05, 0.1) is 5.92 Å². The largest absolute Gasteiger partial charge is 0.481 e. The average Bonchev–Trinajstić information content (AvgIpc) is 2.71. The topological polar surface area (TPSA) is 37.3 Å². The third-order valence-electron chi connectivity index (χ3n) is 3.63. The van der Waals surface area contributed by atoms with Gasteiger partial charge in [0.15, 0.2) is 0 Å². The molecule has 2 aliphatic rings. The Bertz CT molecular complexity index is 279. The second-order valence-electron chi connectivity index (χ2n) is 4.66. The van der Waals surface area contributed by atoms with Crippen LogP contribution in [0.3, 0.4) is 0 Å². The van der Waals surface area contributed by atoms with Crippen LogP contribution < -0.4 is 0 Å². The summed E-state index contributed by atoms with van der Waals surface area (Å²) in [6, 6.07) is 0. The second-order valence-corrected chi connectivity index (χ2v) is 4.66. The number of carbonyl (C=O) groups is 1. The van der Waals surface area contributed by atoms with Crippen LogP contribution in [0.1, 0.15) is 32.1 Å². The average molecular weight is 206 g/mol. The van der Waals surface area contributed by atoms with E-state index < -0.39 is 5.97 Å². The number of rotatable bonds is 3. The maximum absolute atomic E-state index is 11.1. The SMILES string of the molecule is O=C(O)[C@@H]1CCCC[C@H]1CC1C=CC=C1. The summed E-state index contributed by atoms with van der Waals surface area (Å²) in [4.78, 5) is 11.1. The standard InChI is InChI=1S/C13H18O2/c14-13(15)12-8-4-3-7-11(12)9-10-5-1-2-6-10/h1-2,5-6,10-12H,3-4,7-9H2,(H,14,15)/t11-,12+/m0/s1. The van der Waals surface area contributed by atoms with Gasteiger partial charge >= 0.3 is 5.97 Å². The lowest BCUT2D eigenvalue weighted by Crippen LogP contribution is -2.28. The normalized spacial score (nSPS) is 30.9. The van der Waals surface area contributed by atoms with Crippen LogP contribution in [0, 0.1) is 17.8 Å². The first-order valence-corrected chi connectivity index (χ1v) is 5.85. The molecule has 0 aromatic carbocycles. The van der Waals surface area contributed by atoms with Gasteiger partial charge in [-0.1, -0.05) is 37.1 Å². The van der Waals surface area contributed by atoms with Gasteiger partial charge in [0.25, 0.3) is 0 Å². The highest BCUT2D eigenvalue weighted by Crippen LogP contribution is 2.35. The van der Waals surface area contributed by atoms with Crippen LogP contribution in [-0.4, -0.2) is 11.1 Å². The van der Waals surface area contributed by atoms with Gasteiger partial charge < -0.3 is 5.11 Å². The summed E-state index contributed by atoms with van der Waals surface area (Å²) >= 11 is 0. The van der Waals surface area contributed by atoms with Gasteiger partial charge in [0.1, 0.15) is 0 Å². The number of carboxylic acid groups (broad SMARTS) is 1. The summed E-state index contributed by atoms with van der Waals surface area (Å²) in [6.45, 7) is 0. The van der Waals surface area contributed by atoms with E-state index >= 15 is 0 Å². The van der Waals surface area contributed by atoms with Crippen LogP contribution >= 0.6 is 0 Å². The monoisotopic (exact) mass is 206 g/mol. The maximum atomic E-state index is 11.1. The third-order valence-corrected chi connectivity index (χ3v) is 3.63. The maximum Gasteiger partial charge on any atom is 0.306 e. The Kier molecular flexibility index (Phi) is 3.24. The van der Waals surface area contributed by atoms with Gasteiger partial charge in [0.2, 0.25) is 0 Å². The van der Waals surface area contributed by atoms with Gasteiger partial charge in [-0.2, -0.15) is 0 Å². The van der Waals surface area contributed by atoms with Crippen molar-refractivity contribution >= 4 is 5.97 Å². The first-order valence-electron chi connectivity index (χ1n) is 5.85. The summed E-state index contributed by atoms with van der Waals surface area (Å²) in [6.07, 6.45) is 13.7. The Hall–Kier alpha value is -1.05. The van der Waals surface area contributed by atoms with Gasteiger partial charge in [-0.15, -0.1) is 0 Å². The third kappa shape index (κ3) is 2.49. The van der Waals surface area contributed by atoms with E-state index in [9.17, 15) is 4.79 Å². The van der Waals surface area contributed by atoms with Gasteiger partial charge in [0, 0.05) is 0 Å². The minimum absolute atomic E-state index is 0.0962. The first-order chi connectivity index (χ1) is 7.27. The van der Waals surface area contributed by atoms with Crippen molar-refractivity contribution in [1.29, 1.82) is 0 Å². The van der Waals surface area contributed by atoms with Crippen molar-refractivity contribution in [1.82, 2.24) is 0 Å². The molecule has 1 saturated carbocycles. The molecule has 0 unspecified atom stereocenters. The summed E-state index contributed by atoms with van der Waals surface area (Å²) in [5.74, 6) is 0.176. The fraction of sp³-hybridized carbons (Fsp3) is 0.615. The fourth-order valence-corrected chi connectivity index (χ4v) is 2.80. The molecule has 2 rings (SSSR count). The molecule has 0 aliphatic heterocycles. The van der Waals surface area contributed by atoms with Crippen LogP contribution in [-0.2, 0) is 4.79 Å². The molecule has 2 nitrogen and oxygen atoms in total. The predicted molar refractivity (Wildman–Crippen MR) is 59.5 cm³/mol. The molecule has 2 aliphatic carbocycles. The molecule has 1 fully saturated rings. The molecule has 0 aromatic heterocycles. The molecule has 1 N–H and O–H groups in total. The van der Waals surface area contributed by atoms with Crippen molar-refractivity contribution in [2.75, 3.05) is 0 Å². The van der Waals surface area contributed by atoms with Crippen LogP contribution in [0.15, 0.2) is 24.3 Å². The molecular weight excluding hydrogens is 188 g/mol. The molecule has 2 atom stereocenters. The molecule has 0 bridgehead atoms. The summed E-state index contributed by atoms with van der Waals surface area (Å²) in [7, 11) is 0. The molecule has 2 heteroatoms. The molecule has 0 aromatic rings. The van der Waals surface area contributed by atoms with Crippen molar-refractivity contribution in [2.24, 2.45) is 17.8 Å². The molecule has 82 valence electrons. The second kappa shape index (κ2) is 4.65. The molecular formula is C13H18O2. The highest BCUT2D eigenvalue weighted by molar-refractivity contribution is 5.70. The van der Waals surface area contributed by atoms with Crippen LogP contribution in [0.5, 0.6) is 0 Å². The quantitative estimate of drug-likeness (QED) is 0.770. The molecule has 0 heterocycles. The van der Waals surface area contributed by atoms with Crippen molar-refractivity contribution < 1.29 is 9.90 Å². The van der Waals surface area contributed by atoms with E-state index in [1.807, 2.05) is 0 Å². The van der Waals surface area contributed by atoms with Crippen LogP contribution in [0.4, 0.5) is 0 Å². The number of hydrogen-bond donors (Lipinski definition) is 1. The van der Waals surface area contributed by atoms with E-state index in [1.165, 1.54) is 6.42 Å².